The summed E-state index contributed by atoms with van der Waals surface area (Å²) in [7, 11) is 0. The van der Waals surface area contributed by atoms with Crippen molar-refractivity contribution in [2.75, 3.05) is 6.61 Å². The van der Waals surface area contributed by atoms with Gasteiger partial charge in [0, 0.05) is 30.5 Å². The fraction of sp³-hybridized carbons (Fsp3) is 0.273. The van der Waals surface area contributed by atoms with Gasteiger partial charge in [-0.1, -0.05) is 18.2 Å². The monoisotopic (exact) mass is 458 g/mol. The number of non-ortho nitro benzene ring substituents is 1. The van der Waals surface area contributed by atoms with E-state index in [0.29, 0.717) is 0 Å². The molecule has 2 rings (SSSR count). The summed E-state index contributed by atoms with van der Waals surface area (Å²) in [6, 6.07) is 9.00. The Morgan fingerprint density at radius 1 is 1.12 bits per heavy atom. The number of esters is 2. The van der Waals surface area contributed by atoms with E-state index in [4.69, 9.17) is 9.47 Å². The van der Waals surface area contributed by atoms with E-state index in [1.54, 1.807) is 6.92 Å². The largest absolute Gasteiger partial charge is 0.480 e. The maximum Gasteiger partial charge on any atom is 0.326 e. The number of nitrogens with zero attached hydrogens (tertiary/aromatic N) is 1. The highest BCUT2D eigenvalue weighted by Gasteiger charge is 2.34. The Balaban J connectivity index is 2.37. The molecule has 33 heavy (non-hydrogen) atoms. The summed E-state index contributed by atoms with van der Waals surface area (Å²) in [6.07, 6.45) is -0.392. The van der Waals surface area contributed by atoms with Gasteiger partial charge in [-0.2, -0.15) is 0 Å². The van der Waals surface area contributed by atoms with E-state index in [0.717, 1.165) is 0 Å². The Morgan fingerprint density at radius 2 is 1.79 bits per heavy atom. The number of carbonyl (C=O) groups is 4. The molecule has 0 bridgehead atoms. The molecule has 0 unspecified atom stereocenters. The lowest BCUT2D eigenvalue weighted by Crippen LogP contribution is -2.45. The van der Waals surface area contributed by atoms with Gasteiger partial charge in [0.2, 0.25) is 0 Å². The van der Waals surface area contributed by atoms with E-state index in [1.165, 1.54) is 55.5 Å². The number of nitro groups is 1. The normalized spacial score (nSPS) is 12.2. The van der Waals surface area contributed by atoms with Crippen molar-refractivity contribution in [2.24, 2.45) is 0 Å². The number of nitrogens with one attached hydrogen (secondary N) is 1. The minimum atomic E-state index is -1.57. The fourth-order valence-electron chi connectivity index (χ4n) is 3.10. The summed E-state index contributed by atoms with van der Waals surface area (Å²) >= 11 is 0. The SMILES string of the molecule is CCOC(=O)C[C@@H](c1ccc([N+](=O)[O-])cc1)[C@@H](NC(=O)c1cccc(OC(C)=O)c1)C(=O)O. The number of aliphatic carboxylic acids is 1. The van der Waals surface area contributed by atoms with Crippen LogP contribution in [0.2, 0.25) is 0 Å². The zero-order valence-corrected chi connectivity index (χ0v) is 17.8. The van der Waals surface area contributed by atoms with Gasteiger partial charge in [-0.05, 0) is 30.7 Å². The second-order valence-electron chi connectivity index (χ2n) is 6.88. The molecule has 0 aliphatic heterocycles. The van der Waals surface area contributed by atoms with E-state index in [9.17, 15) is 34.4 Å². The van der Waals surface area contributed by atoms with E-state index >= 15 is 0 Å². The summed E-state index contributed by atoms with van der Waals surface area (Å²) in [5.41, 5.74) is 0.0976. The molecule has 0 radical (unpaired) electrons. The van der Waals surface area contributed by atoms with Crippen LogP contribution in [0, 0.1) is 10.1 Å². The molecule has 0 aromatic heterocycles. The minimum absolute atomic E-state index is 0.0265. The molecule has 174 valence electrons. The van der Waals surface area contributed by atoms with Crippen LogP contribution in [0.3, 0.4) is 0 Å². The third kappa shape index (κ3) is 7.13. The number of benzene rings is 2. The van der Waals surface area contributed by atoms with Crippen molar-refractivity contribution in [3.63, 3.8) is 0 Å². The summed E-state index contributed by atoms with van der Waals surface area (Å²) < 4.78 is 9.86. The first-order chi connectivity index (χ1) is 15.6. The van der Waals surface area contributed by atoms with Crippen molar-refractivity contribution < 1.29 is 38.7 Å². The Morgan fingerprint density at radius 3 is 2.33 bits per heavy atom. The molecule has 2 aromatic carbocycles. The van der Waals surface area contributed by atoms with Gasteiger partial charge < -0.3 is 19.9 Å². The lowest BCUT2D eigenvalue weighted by atomic mass is 9.88. The van der Waals surface area contributed by atoms with Gasteiger partial charge in [-0.3, -0.25) is 24.5 Å². The number of nitro benzene ring substituents is 1. The van der Waals surface area contributed by atoms with Gasteiger partial charge in [-0.25, -0.2) is 4.79 Å². The molecule has 11 nitrogen and oxygen atoms in total. The molecule has 1 amide bonds. The highest BCUT2D eigenvalue weighted by molar-refractivity contribution is 5.97. The summed E-state index contributed by atoms with van der Waals surface area (Å²) in [6.45, 7) is 2.85. The Hall–Kier alpha value is -4.28. The van der Waals surface area contributed by atoms with Crippen molar-refractivity contribution in [3.8, 4) is 5.75 Å². The number of carboxylic acids is 1. The first kappa shape index (κ1) is 25.0. The van der Waals surface area contributed by atoms with Gasteiger partial charge >= 0.3 is 17.9 Å². The van der Waals surface area contributed by atoms with Crippen LogP contribution < -0.4 is 10.1 Å². The molecule has 2 atom stereocenters. The number of carboxylic acid groups (broad SMARTS) is 1. The second-order valence-corrected chi connectivity index (χ2v) is 6.88. The molecule has 0 heterocycles. The van der Waals surface area contributed by atoms with Crippen LogP contribution in [0.1, 0.15) is 42.1 Å². The molecule has 0 spiro atoms. The van der Waals surface area contributed by atoms with Crippen LogP contribution in [0.4, 0.5) is 5.69 Å². The standard InChI is InChI=1S/C22H22N2O9/c1-3-32-19(26)12-18(14-7-9-16(10-8-14)24(30)31)20(22(28)29)23-21(27)15-5-4-6-17(11-15)33-13(2)25/h4-11,18,20H,3,12H2,1-2H3,(H,23,27)(H,28,29)/t18-,20+/m0/s1. The van der Waals surface area contributed by atoms with Crippen molar-refractivity contribution in [1.29, 1.82) is 0 Å². The highest BCUT2D eigenvalue weighted by Crippen LogP contribution is 2.27. The zero-order valence-electron chi connectivity index (χ0n) is 17.8. The smallest absolute Gasteiger partial charge is 0.326 e. The van der Waals surface area contributed by atoms with Gasteiger partial charge in [0.15, 0.2) is 0 Å². The third-order valence-electron chi connectivity index (χ3n) is 4.54. The van der Waals surface area contributed by atoms with Gasteiger partial charge in [0.25, 0.3) is 11.6 Å². The average molecular weight is 458 g/mol. The molecular formula is C22H22N2O9. The number of carbonyl (C=O) groups excluding carboxylic acids is 3. The first-order valence-electron chi connectivity index (χ1n) is 9.84. The van der Waals surface area contributed by atoms with Crippen LogP contribution in [0.25, 0.3) is 0 Å². The van der Waals surface area contributed by atoms with Crippen LogP contribution in [0.15, 0.2) is 48.5 Å². The zero-order chi connectivity index (χ0) is 24.5. The second kappa shape index (κ2) is 11.4. The van der Waals surface area contributed by atoms with Gasteiger partial charge in [0.05, 0.1) is 18.0 Å². The molecule has 0 aliphatic carbocycles. The Labute approximate surface area is 188 Å². The molecular weight excluding hydrogens is 436 g/mol. The summed E-state index contributed by atoms with van der Waals surface area (Å²) in [5.74, 6) is -4.48. The number of rotatable bonds is 10. The fourth-order valence-corrected chi connectivity index (χ4v) is 3.10. The van der Waals surface area contributed by atoms with E-state index < -0.39 is 47.1 Å². The van der Waals surface area contributed by atoms with Crippen LogP contribution in [-0.4, -0.2) is 46.5 Å². The topological polar surface area (TPSA) is 162 Å². The van der Waals surface area contributed by atoms with Crippen LogP contribution in [0.5, 0.6) is 5.75 Å². The van der Waals surface area contributed by atoms with Crippen molar-refractivity contribution >= 4 is 29.5 Å². The predicted molar refractivity (Wildman–Crippen MR) is 114 cm³/mol. The Bertz CT molecular complexity index is 1050. The van der Waals surface area contributed by atoms with Crippen LogP contribution in [-0.2, 0) is 19.1 Å². The molecule has 11 heteroatoms. The third-order valence-corrected chi connectivity index (χ3v) is 4.54. The quantitative estimate of drug-likeness (QED) is 0.236. The predicted octanol–water partition coefficient (Wildman–Crippen LogP) is 2.44. The van der Waals surface area contributed by atoms with Gasteiger partial charge in [-0.15, -0.1) is 0 Å². The summed E-state index contributed by atoms with van der Waals surface area (Å²) in [5, 5.41) is 23.1. The number of amides is 1. The lowest BCUT2D eigenvalue weighted by molar-refractivity contribution is -0.384. The average Bonchev–Trinajstić information content (AvgIpc) is 2.75. The minimum Gasteiger partial charge on any atom is -0.480 e. The van der Waals surface area contributed by atoms with E-state index in [1.807, 2.05) is 0 Å². The maximum absolute atomic E-state index is 12.8. The van der Waals surface area contributed by atoms with E-state index in [2.05, 4.69) is 5.32 Å². The molecule has 2 N–H and O–H groups in total. The molecule has 0 fully saturated rings. The van der Waals surface area contributed by atoms with Crippen molar-refractivity contribution in [2.45, 2.75) is 32.2 Å². The molecule has 2 aromatic rings. The molecule has 0 saturated heterocycles. The number of hydrogen-bond acceptors (Lipinski definition) is 8. The first-order valence-corrected chi connectivity index (χ1v) is 9.84. The molecule has 0 saturated carbocycles. The maximum atomic E-state index is 12.8. The van der Waals surface area contributed by atoms with Gasteiger partial charge in [0.1, 0.15) is 11.8 Å². The lowest BCUT2D eigenvalue weighted by Gasteiger charge is -2.25. The van der Waals surface area contributed by atoms with Crippen molar-refractivity contribution in [1.82, 2.24) is 5.32 Å². The van der Waals surface area contributed by atoms with E-state index in [-0.39, 0.29) is 29.2 Å². The van der Waals surface area contributed by atoms with Crippen LogP contribution >= 0.6 is 0 Å². The summed E-state index contributed by atoms with van der Waals surface area (Å²) in [4.78, 5) is 58.4. The number of ether oxygens (including phenoxy) is 2. The molecule has 0 aliphatic rings. The Kier molecular flexibility index (Phi) is 8.61. The van der Waals surface area contributed by atoms with Crippen molar-refractivity contribution in [3.05, 3.63) is 69.8 Å². The number of hydrogen-bond donors (Lipinski definition) is 2. The highest BCUT2D eigenvalue weighted by atomic mass is 16.6.